The van der Waals surface area contributed by atoms with Crippen LogP contribution in [0.5, 0.6) is 5.75 Å². The minimum absolute atomic E-state index is 0.0525. The summed E-state index contributed by atoms with van der Waals surface area (Å²) < 4.78 is 0. The largest absolute Gasteiger partial charge is 0.508 e. The highest BCUT2D eigenvalue weighted by Gasteiger charge is 2.28. The number of nitrogens with one attached hydrogen (secondary N) is 2. The lowest BCUT2D eigenvalue weighted by Gasteiger charge is -2.24. The average molecular weight is 426 g/mol. The Morgan fingerprint density at radius 2 is 1.66 bits per heavy atom. The van der Waals surface area contributed by atoms with Crippen LogP contribution in [-0.4, -0.2) is 58.1 Å². The Morgan fingerprint density at radius 1 is 1.07 bits per heavy atom. The first-order chi connectivity index (χ1) is 13.6. The summed E-state index contributed by atoms with van der Waals surface area (Å²) in [5.41, 5.74) is 6.53. The van der Waals surface area contributed by atoms with Crippen LogP contribution in [0.25, 0.3) is 0 Å². The molecule has 3 unspecified atom stereocenters. The van der Waals surface area contributed by atoms with Crippen molar-refractivity contribution in [3.63, 3.8) is 0 Å². The Kier molecular flexibility index (Phi) is 10.5. The van der Waals surface area contributed by atoms with Gasteiger partial charge in [-0.15, -0.1) is 0 Å². The summed E-state index contributed by atoms with van der Waals surface area (Å²) in [7, 11) is 0. The molecule has 6 N–H and O–H groups in total. The van der Waals surface area contributed by atoms with Crippen LogP contribution in [0.1, 0.15) is 32.3 Å². The summed E-state index contributed by atoms with van der Waals surface area (Å²) >= 11 is 1.58. The van der Waals surface area contributed by atoms with E-state index >= 15 is 0 Å². The van der Waals surface area contributed by atoms with Crippen LogP contribution in [0.3, 0.4) is 0 Å². The number of hydrogen-bond donors (Lipinski definition) is 5. The summed E-state index contributed by atoms with van der Waals surface area (Å²) in [6.45, 7) is 3.82. The van der Waals surface area contributed by atoms with E-state index in [4.69, 9.17) is 5.73 Å². The van der Waals surface area contributed by atoms with Gasteiger partial charge in [-0.3, -0.25) is 9.59 Å². The van der Waals surface area contributed by atoms with E-state index in [9.17, 15) is 24.6 Å². The molecular formula is C20H31N3O5S. The first-order valence-electron chi connectivity index (χ1n) is 9.50. The second kappa shape index (κ2) is 12.3. The molecule has 0 saturated carbocycles. The normalized spacial score (nSPS) is 14.1. The maximum atomic E-state index is 12.7. The van der Waals surface area contributed by atoms with Gasteiger partial charge >= 0.3 is 5.97 Å². The van der Waals surface area contributed by atoms with Gasteiger partial charge in [-0.05, 0) is 48.5 Å². The molecule has 1 rings (SSSR count). The van der Waals surface area contributed by atoms with Gasteiger partial charge in [0, 0.05) is 6.42 Å². The van der Waals surface area contributed by atoms with Crippen molar-refractivity contribution in [1.29, 1.82) is 0 Å². The number of phenols is 1. The van der Waals surface area contributed by atoms with Crippen LogP contribution < -0.4 is 16.4 Å². The fourth-order valence-electron chi connectivity index (χ4n) is 2.70. The fourth-order valence-corrected chi connectivity index (χ4v) is 3.19. The molecule has 29 heavy (non-hydrogen) atoms. The molecule has 3 atom stereocenters. The Labute approximate surface area is 175 Å². The molecule has 0 aromatic heterocycles. The Morgan fingerprint density at radius 3 is 2.17 bits per heavy atom. The topological polar surface area (TPSA) is 142 Å². The number of carbonyl (C=O) groups is 3. The highest BCUT2D eigenvalue weighted by molar-refractivity contribution is 7.98. The zero-order valence-corrected chi connectivity index (χ0v) is 17.9. The monoisotopic (exact) mass is 425 g/mol. The number of aromatic hydroxyl groups is 1. The Balaban J connectivity index is 2.83. The maximum absolute atomic E-state index is 12.7. The lowest BCUT2D eigenvalue weighted by atomic mass is 10.0. The third-order valence-electron chi connectivity index (χ3n) is 4.30. The molecule has 0 heterocycles. The smallest absolute Gasteiger partial charge is 0.326 e. The van der Waals surface area contributed by atoms with Crippen molar-refractivity contribution in [2.75, 3.05) is 12.0 Å². The summed E-state index contributed by atoms with van der Waals surface area (Å²) in [6, 6.07) is 3.33. The highest BCUT2D eigenvalue weighted by atomic mass is 32.2. The standard InChI is InChI=1S/C20H31N3O5S/c1-12(2)10-16(22-18(25)15(21)8-9-29-3)19(26)23-17(20(27)28)11-13-4-6-14(24)7-5-13/h4-7,12,15-17,24H,8-11,21H2,1-3H3,(H,22,25)(H,23,26)(H,27,28). The first-order valence-corrected chi connectivity index (χ1v) is 10.9. The lowest BCUT2D eigenvalue weighted by Crippen LogP contribution is -2.55. The summed E-state index contributed by atoms with van der Waals surface area (Å²) in [5, 5.41) is 24.0. The SMILES string of the molecule is CSCCC(N)C(=O)NC(CC(C)C)C(=O)NC(Cc1ccc(O)cc1)C(=O)O. The highest BCUT2D eigenvalue weighted by Crippen LogP contribution is 2.12. The number of carboxylic acids is 1. The van der Waals surface area contributed by atoms with Crippen LogP contribution in [0, 0.1) is 5.92 Å². The van der Waals surface area contributed by atoms with Crippen LogP contribution in [0.4, 0.5) is 0 Å². The quantitative estimate of drug-likeness (QED) is 0.338. The molecule has 1 aromatic rings. The molecule has 0 radical (unpaired) electrons. The Hall–Kier alpha value is -2.26. The number of thioether (sulfide) groups is 1. The Bertz CT molecular complexity index is 681. The summed E-state index contributed by atoms with van der Waals surface area (Å²) in [5.74, 6) is -1.27. The van der Waals surface area contributed by atoms with Crippen molar-refractivity contribution < 1.29 is 24.6 Å². The fraction of sp³-hybridized carbons (Fsp3) is 0.550. The zero-order valence-electron chi connectivity index (χ0n) is 17.1. The van der Waals surface area contributed by atoms with E-state index in [-0.39, 0.29) is 18.1 Å². The number of hydrogen-bond acceptors (Lipinski definition) is 6. The van der Waals surface area contributed by atoms with E-state index in [1.54, 1.807) is 23.9 Å². The average Bonchev–Trinajstić information content (AvgIpc) is 2.65. The number of rotatable bonds is 12. The van der Waals surface area contributed by atoms with Crippen molar-refractivity contribution in [3.05, 3.63) is 29.8 Å². The number of amides is 2. The minimum atomic E-state index is -1.18. The second-order valence-corrected chi connectivity index (χ2v) is 8.33. The molecule has 1 aromatic carbocycles. The third kappa shape index (κ3) is 9.19. The van der Waals surface area contributed by atoms with Crippen molar-refractivity contribution in [3.8, 4) is 5.75 Å². The number of benzene rings is 1. The van der Waals surface area contributed by atoms with Crippen LogP contribution in [0.15, 0.2) is 24.3 Å². The zero-order chi connectivity index (χ0) is 22.0. The van der Waals surface area contributed by atoms with Gasteiger partial charge in [0.05, 0.1) is 6.04 Å². The van der Waals surface area contributed by atoms with Crippen molar-refractivity contribution in [1.82, 2.24) is 10.6 Å². The molecule has 0 saturated heterocycles. The van der Waals surface area contributed by atoms with Crippen molar-refractivity contribution in [2.24, 2.45) is 11.7 Å². The van der Waals surface area contributed by atoms with Crippen LogP contribution in [0.2, 0.25) is 0 Å². The summed E-state index contributed by atoms with van der Waals surface area (Å²) in [6.07, 6.45) is 2.82. The molecule has 0 fully saturated rings. The lowest BCUT2D eigenvalue weighted by molar-refractivity contribution is -0.142. The molecule has 0 aliphatic carbocycles. The molecule has 162 valence electrons. The predicted octanol–water partition coefficient (Wildman–Crippen LogP) is 1.12. The van der Waals surface area contributed by atoms with Gasteiger partial charge in [0.15, 0.2) is 0 Å². The number of nitrogens with two attached hydrogens (primary N) is 1. The van der Waals surface area contributed by atoms with Crippen molar-refractivity contribution >= 4 is 29.5 Å². The van der Waals surface area contributed by atoms with E-state index in [0.29, 0.717) is 18.4 Å². The van der Waals surface area contributed by atoms with E-state index in [2.05, 4.69) is 10.6 Å². The van der Waals surface area contributed by atoms with Crippen molar-refractivity contribution in [2.45, 2.75) is 51.2 Å². The number of carboxylic acid groups (broad SMARTS) is 1. The van der Waals surface area contributed by atoms with E-state index in [1.807, 2.05) is 20.1 Å². The van der Waals surface area contributed by atoms with Gasteiger partial charge in [-0.2, -0.15) is 11.8 Å². The second-order valence-electron chi connectivity index (χ2n) is 7.35. The predicted molar refractivity (Wildman–Crippen MR) is 114 cm³/mol. The van der Waals surface area contributed by atoms with Gasteiger partial charge in [0.2, 0.25) is 11.8 Å². The van der Waals surface area contributed by atoms with Gasteiger partial charge in [0.25, 0.3) is 0 Å². The molecule has 8 nitrogen and oxygen atoms in total. The molecular weight excluding hydrogens is 394 g/mol. The maximum Gasteiger partial charge on any atom is 0.326 e. The van der Waals surface area contributed by atoms with E-state index in [0.717, 1.165) is 5.75 Å². The molecule has 0 spiro atoms. The molecule has 0 bridgehead atoms. The van der Waals surface area contributed by atoms with Gasteiger partial charge < -0.3 is 26.6 Å². The van der Waals surface area contributed by atoms with E-state index < -0.39 is 35.9 Å². The molecule has 0 aliphatic heterocycles. The van der Waals surface area contributed by atoms with E-state index in [1.165, 1.54) is 12.1 Å². The third-order valence-corrected chi connectivity index (χ3v) is 4.94. The number of carbonyl (C=O) groups excluding carboxylic acids is 2. The van der Waals surface area contributed by atoms with Crippen LogP contribution in [-0.2, 0) is 20.8 Å². The summed E-state index contributed by atoms with van der Waals surface area (Å²) in [4.78, 5) is 36.7. The first kappa shape index (κ1) is 24.8. The van der Waals surface area contributed by atoms with Gasteiger partial charge in [0.1, 0.15) is 17.8 Å². The molecule has 2 amide bonds. The number of phenolic OH excluding ortho intramolecular Hbond substituents is 1. The molecule has 0 aliphatic rings. The molecule has 9 heteroatoms. The minimum Gasteiger partial charge on any atom is -0.508 e. The van der Waals surface area contributed by atoms with Gasteiger partial charge in [-0.1, -0.05) is 26.0 Å². The van der Waals surface area contributed by atoms with Crippen LogP contribution >= 0.6 is 11.8 Å². The van der Waals surface area contributed by atoms with Gasteiger partial charge in [-0.25, -0.2) is 4.79 Å². The number of aliphatic carboxylic acids is 1.